The third-order valence-electron chi connectivity index (χ3n) is 6.47. The van der Waals surface area contributed by atoms with Gasteiger partial charge in [-0.25, -0.2) is 4.79 Å². The van der Waals surface area contributed by atoms with Crippen LogP contribution in [-0.4, -0.2) is 39.7 Å². The average Bonchev–Trinajstić information content (AvgIpc) is 3.29. The van der Waals surface area contributed by atoms with E-state index in [0.29, 0.717) is 45.8 Å². The van der Waals surface area contributed by atoms with Crippen molar-refractivity contribution in [2.24, 2.45) is 5.10 Å². The van der Waals surface area contributed by atoms with E-state index in [2.05, 4.69) is 25.8 Å². The monoisotopic (exact) mass is 558 g/mol. The Morgan fingerprint density at radius 2 is 1.88 bits per heavy atom. The zero-order chi connectivity index (χ0) is 27.8. The van der Waals surface area contributed by atoms with Crippen molar-refractivity contribution in [3.63, 3.8) is 0 Å². The van der Waals surface area contributed by atoms with Crippen LogP contribution in [0, 0.1) is 6.92 Å². The van der Waals surface area contributed by atoms with Crippen molar-refractivity contribution in [2.45, 2.75) is 13.5 Å². The lowest BCUT2D eigenvalue weighted by Crippen LogP contribution is -2.30. The van der Waals surface area contributed by atoms with E-state index in [1.807, 2.05) is 25.1 Å². The molecule has 0 saturated carbocycles. The number of amides is 1. The first-order valence-corrected chi connectivity index (χ1v) is 12.8. The minimum atomic E-state index is -0.601. The van der Waals surface area contributed by atoms with Gasteiger partial charge in [-0.05, 0) is 65.2 Å². The van der Waals surface area contributed by atoms with E-state index in [4.69, 9.17) is 13.3 Å². The molecule has 12 nitrogen and oxygen atoms in total. The van der Waals surface area contributed by atoms with Gasteiger partial charge in [-0.3, -0.25) is 15.0 Å². The average molecular weight is 559 g/mol. The van der Waals surface area contributed by atoms with Crippen molar-refractivity contribution in [3.8, 4) is 5.75 Å². The van der Waals surface area contributed by atoms with Crippen LogP contribution in [0.15, 0.2) is 70.1 Å². The fourth-order valence-corrected chi connectivity index (χ4v) is 4.69. The normalized spacial score (nSPS) is 15.9. The number of benzene rings is 3. The number of Topliss-reactive ketones (excluding diaryl/α,β-unsaturated/α-hetero) is 1. The molecule has 13 heteroatoms. The van der Waals surface area contributed by atoms with E-state index in [-0.39, 0.29) is 17.0 Å². The third-order valence-corrected chi connectivity index (χ3v) is 6.92. The number of aromatic amines is 2. The molecule has 0 radical (unpaired) electrons. The molecule has 202 valence electrons. The van der Waals surface area contributed by atoms with Crippen molar-refractivity contribution in [3.05, 3.63) is 92.9 Å². The molecular weight excluding hydrogens is 536 g/mol. The lowest BCUT2D eigenvalue weighted by atomic mass is 9.89. The van der Waals surface area contributed by atoms with Crippen LogP contribution in [0.4, 0.5) is 11.4 Å². The number of imidazole rings is 1. The summed E-state index contributed by atoms with van der Waals surface area (Å²) in [5.41, 5.74) is 7.78. The number of carbonyl (C=O) groups is 2. The molecule has 2 heterocycles. The van der Waals surface area contributed by atoms with Gasteiger partial charge in [0.15, 0.2) is 0 Å². The molecule has 4 N–H and O–H groups in total. The number of nitrogens with one attached hydrogen (secondary N) is 4. The van der Waals surface area contributed by atoms with Gasteiger partial charge in [-0.2, -0.15) is 13.7 Å². The molecule has 1 amide bonds. The molecule has 1 aromatic heterocycles. The Bertz CT molecular complexity index is 1790. The summed E-state index contributed by atoms with van der Waals surface area (Å²) in [5.74, 6) is -0.645. The Morgan fingerprint density at radius 1 is 1.07 bits per heavy atom. The molecule has 1 aliphatic carbocycles. The predicted octanol–water partition coefficient (Wildman–Crippen LogP) is 3.84. The lowest BCUT2D eigenvalue weighted by Gasteiger charge is -2.25. The number of hydrazone groups is 1. The van der Waals surface area contributed by atoms with Crippen LogP contribution in [0.3, 0.4) is 0 Å². The second-order valence-electron chi connectivity index (χ2n) is 9.03. The first-order chi connectivity index (χ1) is 19.4. The summed E-state index contributed by atoms with van der Waals surface area (Å²) >= 11 is 0.891. The number of anilines is 2. The van der Waals surface area contributed by atoms with E-state index >= 15 is 0 Å². The predicted molar refractivity (Wildman–Crippen MR) is 150 cm³/mol. The molecule has 0 spiro atoms. The van der Waals surface area contributed by atoms with Crippen molar-refractivity contribution in [1.29, 1.82) is 0 Å². The van der Waals surface area contributed by atoms with Gasteiger partial charge in [-0.15, -0.1) is 0 Å². The molecule has 3 aromatic carbocycles. The van der Waals surface area contributed by atoms with Crippen LogP contribution in [0.25, 0.3) is 17.1 Å². The van der Waals surface area contributed by atoms with Gasteiger partial charge in [0.1, 0.15) is 11.5 Å². The number of ketones is 1. The van der Waals surface area contributed by atoms with Gasteiger partial charge in [-0.1, -0.05) is 24.3 Å². The van der Waals surface area contributed by atoms with Gasteiger partial charge >= 0.3 is 5.69 Å². The fourth-order valence-electron chi connectivity index (χ4n) is 4.44. The Hall–Kier alpha value is -4.69. The topological polar surface area (TPSA) is 150 Å². The molecule has 1 aliphatic heterocycles. The minimum absolute atomic E-state index is 0.0761. The molecule has 0 atom stereocenters. The van der Waals surface area contributed by atoms with Crippen molar-refractivity contribution < 1.29 is 22.9 Å². The molecule has 1 fully saturated rings. The van der Waals surface area contributed by atoms with Crippen LogP contribution in [0.5, 0.6) is 5.75 Å². The van der Waals surface area contributed by atoms with Crippen LogP contribution in [-0.2, 0) is 24.7 Å². The summed E-state index contributed by atoms with van der Waals surface area (Å²) in [6, 6.07) is 15.8. The Balaban J connectivity index is 1.29. The van der Waals surface area contributed by atoms with E-state index in [1.165, 1.54) is 12.3 Å². The van der Waals surface area contributed by atoms with Crippen LogP contribution in [0.2, 0.25) is 0 Å². The number of H-pyrrole nitrogens is 2. The smallest absolute Gasteiger partial charge is 0.323 e. The Labute approximate surface area is 231 Å². The summed E-state index contributed by atoms with van der Waals surface area (Å²) < 4.78 is 15.8. The highest BCUT2D eigenvalue weighted by atomic mass is 32.2. The van der Waals surface area contributed by atoms with Gasteiger partial charge in [0.2, 0.25) is 18.1 Å². The first-order valence-electron chi connectivity index (χ1n) is 12.1. The number of ether oxygens (including phenoxy) is 1. The van der Waals surface area contributed by atoms with Crippen molar-refractivity contribution in [1.82, 2.24) is 15.2 Å². The van der Waals surface area contributed by atoms with Gasteiger partial charge in [0, 0.05) is 11.3 Å². The molecule has 0 bridgehead atoms. The maximum atomic E-state index is 13.6. The van der Waals surface area contributed by atoms with Crippen LogP contribution >= 0.6 is 12.3 Å². The highest BCUT2D eigenvalue weighted by Gasteiger charge is 2.30. The van der Waals surface area contributed by atoms with E-state index in [0.717, 1.165) is 23.5 Å². The number of aromatic nitrogens is 2. The molecule has 0 unspecified atom stereocenters. The molecule has 2 aliphatic rings. The SMILES string of the molecule is COc1cc(CN2OSO2)c(C)cc1N/N=C1\C(=O)C(C(=O)Nc2ccc3[nH]c(=O)[nH]c3c2)=Cc2ccccc21. The molecule has 1 saturated heterocycles. The number of methoxy groups -OCH3 is 1. The summed E-state index contributed by atoms with van der Waals surface area (Å²) in [7, 11) is 1.53. The number of rotatable bonds is 7. The molecule has 40 heavy (non-hydrogen) atoms. The summed E-state index contributed by atoms with van der Waals surface area (Å²) in [6.45, 7) is 2.32. The first kappa shape index (κ1) is 25.6. The minimum Gasteiger partial charge on any atom is -0.495 e. The number of hydrogen-bond acceptors (Lipinski definition) is 10. The zero-order valence-corrected chi connectivity index (χ0v) is 22.0. The van der Waals surface area contributed by atoms with Crippen molar-refractivity contribution in [2.75, 3.05) is 17.9 Å². The second kappa shape index (κ2) is 10.5. The van der Waals surface area contributed by atoms with Gasteiger partial charge in [0.05, 0.1) is 35.9 Å². The van der Waals surface area contributed by atoms with Gasteiger partial charge < -0.3 is 20.0 Å². The number of hydroxylamine groups is 2. The number of nitrogens with zero attached hydrogens (tertiary/aromatic N) is 2. The molecule has 6 rings (SSSR count). The standard InChI is InChI=1S/C27H22N6O6S/c1-14-9-22(23(37-2)11-16(14)13-33-38-40-39-33)31-32-24-18-6-4-3-5-15(18)10-19(25(24)34)26(35)28-17-7-8-20-21(12-17)30-27(36)29-20/h3-12,31H,13H2,1-2H3,(H,28,35)(H2,29,30,36)/b32-24-. The Morgan fingerprint density at radius 3 is 2.65 bits per heavy atom. The summed E-state index contributed by atoms with van der Waals surface area (Å²) in [6.07, 6.45) is 1.54. The van der Waals surface area contributed by atoms with E-state index < -0.39 is 11.7 Å². The summed E-state index contributed by atoms with van der Waals surface area (Å²) in [4.78, 5) is 43.7. The maximum absolute atomic E-state index is 13.6. The highest BCUT2D eigenvalue weighted by molar-refractivity contribution is 7.90. The highest BCUT2D eigenvalue weighted by Crippen LogP contribution is 2.33. The van der Waals surface area contributed by atoms with Crippen LogP contribution < -0.4 is 21.2 Å². The summed E-state index contributed by atoms with van der Waals surface area (Å²) in [5, 5.41) is 8.52. The molecule has 4 aromatic rings. The number of hydrogen-bond donors (Lipinski definition) is 4. The van der Waals surface area contributed by atoms with E-state index in [9.17, 15) is 14.4 Å². The molecular formula is C27H22N6O6S. The number of carbonyl (C=O) groups excluding carboxylic acids is 2. The third kappa shape index (κ3) is 4.89. The fraction of sp³-hybridized carbons (Fsp3) is 0.111. The zero-order valence-electron chi connectivity index (χ0n) is 21.2. The van der Waals surface area contributed by atoms with E-state index in [1.54, 1.807) is 42.5 Å². The number of aryl methyl sites for hydroxylation is 1. The Kier molecular flexibility index (Phi) is 6.69. The second-order valence-corrected chi connectivity index (χ2v) is 9.46. The largest absolute Gasteiger partial charge is 0.495 e. The lowest BCUT2D eigenvalue weighted by molar-refractivity contribution is -0.309. The van der Waals surface area contributed by atoms with Gasteiger partial charge in [0.25, 0.3) is 5.91 Å². The maximum Gasteiger partial charge on any atom is 0.323 e. The van der Waals surface area contributed by atoms with Crippen LogP contribution in [0.1, 0.15) is 22.3 Å². The quantitative estimate of drug-likeness (QED) is 0.151. The number of fused-ring (bicyclic) bond motifs is 2. The van der Waals surface area contributed by atoms with Crippen molar-refractivity contribution >= 4 is 58.2 Å².